The fourth-order valence-electron chi connectivity index (χ4n) is 3.07. The van der Waals surface area contributed by atoms with Gasteiger partial charge in [-0.3, -0.25) is 14.9 Å². The van der Waals surface area contributed by atoms with Crippen LogP contribution in [0.15, 0.2) is 30.5 Å². The first-order valence-electron chi connectivity index (χ1n) is 8.26. The number of nitro benzene ring substituents is 1. The number of aromatic nitrogens is 2. The van der Waals surface area contributed by atoms with Crippen molar-refractivity contribution in [3.8, 4) is 5.75 Å². The van der Waals surface area contributed by atoms with E-state index < -0.39 is 4.92 Å². The van der Waals surface area contributed by atoms with Crippen molar-refractivity contribution in [1.29, 1.82) is 0 Å². The third-order valence-electron chi connectivity index (χ3n) is 4.28. The smallest absolute Gasteiger partial charge is 0.311 e. The maximum Gasteiger partial charge on any atom is 0.311 e. The number of hydrogen-bond acceptors (Lipinski definition) is 5. The zero-order valence-corrected chi connectivity index (χ0v) is 14.0. The number of rotatable bonds is 6. The molecule has 0 aliphatic heterocycles. The second-order valence-electron chi connectivity index (χ2n) is 6.16. The molecule has 1 aliphatic rings. The van der Waals surface area contributed by atoms with Crippen LogP contribution in [0.25, 0.3) is 0 Å². The molecule has 0 radical (unpaired) electrons. The molecule has 1 amide bonds. The van der Waals surface area contributed by atoms with E-state index >= 15 is 0 Å². The monoisotopic (exact) mass is 344 g/mol. The first-order chi connectivity index (χ1) is 12.0. The van der Waals surface area contributed by atoms with E-state index in [0.717, 1.165) is 31.2 Å². The first kappa shape index (κ1) is 16.9. The Kier molecular flexibility index (Phi) is 4.97. The number of amides is 1. The molecule has 1 N–H and O–H groups in total. The molecule has 0 atom stereocenters. The number of carbonyl (C=O) groups is 1. The van der Waals surface area contributed by atoms with Crippen LogP contribution in [0.3, 0.4) is 0 Å². The Morgan fingerprint density at radius 3 is 2.88 bits per heavy atom. The summed E-state index contributed by atoms with van der Waals surface area (Å²) < 4.78 is 7.18. The number of nitro groups is 1. The van der Waals surface area contributed by atoms with Gasteiger partial charge in [-0.05, 0) is 31.4 Å². The Morgan fingerprint density at radius 2 is 2.16 bits per heavy atom. The van der Waals surface area contributed by atoms with Crippen molar-refractivity contribution in [2.75, 3.05) is 11.9 Å². The number of aryl methyl sites for hydroxylation is 1. The highest BCUT2D eigenvalue weighted by Crippen LogP contribution is 2.31. The number of nitrogens with zero attached hydrogens (tertiary/aromatic N) is 3. The molecule has 132 valence electrons. The number of benzene rings is 1. The summed E-state index contributed by atoms with van der Waals surface area (Å²) in [6.07, 6.45) is 6.09. The van der Waals surface area contributed by atoms with Crippen LogP contribution in [-0.2, 0) is 4.79 Å². The molecular formula is C17H20N4O4. The Morgan fingerprint density at radius 1 is 1.40 bits per heavy atom. The minimum absolute atomic E-state index is 0.0788. The zero-order chi connectivity index (χ0) is 17.8. The lowest BCUT2D eigenvalue weighted by atomic mass is 10.2. The number of ether oxygens (including phenoxy) is 1. The summed E-state index contributed by atoms with van der Waals surface area (Å²) in [5.74, 6) is 0.323. The van der Waals surface area contributed by atoms with Gasteiger partial charge >= 0.3 is 5.69 Å². The van der Waals surface area contributed by atoms with Crippen LogP contribution in [-0.4, -0.2) is 27.2 Å². The minimum Gasteiger partial charge on any atom is -0.477 e. The van der Waals surface area contributed by atoms with Gasteiger partial charge in [0.1, 0.15) is 5.82 Å². The van der Waals surface area contributed by atoms with Crippen LogP contribution in [0.2, 0.25) is 0 Å². The highest BCUT2D eigenvalue weighted by molar-refractivity contribution is 5.91. The van der Waals surface area contributed by atoms with E-state index in [9.17, 15) is 14.9 Å². The molecule has 0 spiro atoms. The molecular weight excluding hydrogens is 324 g/mol. The lowest BCUT2D eigenvalue weighted by molar-refractivity contribution is -0.385. The predicted octanol–water partition coefficient (Wildman–Crippen LogP) is 3.23. The van der Waals surface area contributed by atoms with E-state index in [1.54, 1.807) is 25.3 Å². The van der Waals surface area contributed by atoms with Gasteiger partial charge < -0.3 is 10.1 Å². The molecule has 1 aliphatic carbocycles. The summed E-state index contributed by atoms with van der Waals surface area (Å²) in [5.41, 5.74) is 0.604. The summed E-state index contributed by atoms with van der Waals surface area (Å²) in [6, 6.07) is 6.68. The lowest BCUT2D eigenvalue weighted by Crippen LogP contribution is -2.23. The van der Waals surface area contributed by atoms with Gasteiger partial charge in [0.2, 0.25) is 0 Å². The van der Waals surface area contributed by atoms with Crippen LogP contribution in [0.1, 0.15) is 37.3 Å². The lowest BCUT2D eigenvalue weighted by Gasteiger charge is -2.14. The van der Waals surface area contributed by atoms with Crippen LogP contribution in [0.4, 0.5) is 11.5 Å². The van der Waals surface area contributed by atoms with E-state index in [-0.39, 0.29) is 24.0 Å². The normalized spacial score (nSPS) is 14.4. The molecule has 1 saturated carbocycles. The highest BCUT2D eigenvalue weighted by Gasteiger charge is 2.21. The van der Waals surface area contributed by atoms with Crippen molar-refractivity contribution < 1.29 is 14.5 Å². The highest BCUT2D eigenvalue weighted by atomic mass is 16.6. The van der Waals surface area contributed by atoms with Crippen LogP contribution < -0.4 is 10.1 Å². The number of hydrogen-bond donors (Lipinski definition) is 1. The third kappa shape index (κ3) is 3.96. The third-order valence-corrected chi connectivity index (χ3v) is 4.28. The van der Waals surface area contributed by atoms with Gasteiger partial charge in [-0.15, -0.1) is 0 Å². The average Bonchev–Trinajstić information content (AvgIpc) is 3.24. The summed E-state index contributed by atoms with van der Waals surface area (Å²) in [7, 11) is 0. The fraction of sp³-hybridized carbons (Fsp3) is 0.412. The molecule has 0 bridgehead atoms. The van der Waals surface area contributed by atoms with Crippen LogP contribution in [0, 0.1) is 17.0 Å². The SMILES string of the molecule is Cc1ccc(OCC(=O)Nc2ccnn2C2CCCC2)c([N+](=O)[O-])c1. The Balaban J connectivity index is 1.63. The molecule has 8 heteroatoms. The molecule has 1 heterocycles. The standard InChI is InChI=1S/C17H20N4O4/c1-12-6-7-15(14(10-12)21(23)24)25-11-17(22)19-16-8-9-18-20(16)13-4-2-3-5-13/h6-10,13H,2-5,11H2,1H3,(H,19,22). The molecule has 1 aromatic heterocycles. The van der Waals surface area contributed by atoms with E-state index in [1.807, 2.05) is 4.68 Å². The number of anilines is 1. The topological polar surface area (TPSA) is 99.3 Å². The van der Waals surface area contributed by atoms with Gasteiger partial charge in [-0.1, -0.05) is 18.9 Å². The van der Waals surface area contributed by atoms with E-state index in [4.69, 9.17) is 4.74 Å². The number of carbonyl (C=O) groups excluding carboxylic acids is 1. The van der Waals surface area contributed by atoms with Gasteiger partial charge in [0.05, 0.1) is 17.2 Å². The summed E-state index contributed by atoms with van der Waals surface area (Å²) in [6.45, 7) is 1.45. The maximum absolute atomic E-state index is 12.2. The molecule has 3 rings (SSSR count). The first-order valence-corrected chi connectivity index (χ1v) is 8.26. The predicted molar refractivity (Wildman–Crippen MR) is 91.7 cm³/mol. The van der Waals surface area contributed by atoms with Gasteiger partial charge in [0.15, 0.2) is 12.4 Å². The van der Waals surface area contributed by atoms with E-state index in [0.29, 0.717) is 11.9 Å². The fourth-order valence-corrected chi connectivity index (χ4v) is 3.07. The second-order valence-corrected chi connectivity index (χ2v) is 6.16. The largest absolute Gasteiger partial charge is 0.477 e. The molecule has 1 aromatic carbocycles. The quantitative estimate of drug-likeness (QED) is 0.640. The second kappa shape index (κ2) is 7.33. The van der Waals surface area contributed by atoms with Gasteiger partial charge in [-0.2, -0.15) is 5.10 Å². The van der Waals surface area contributed by atoms with Crippen molar-refractivity contribution in [2.45, 2.75) is 38.6 Å². The summed E-state index contributed by atoms with van der Waals surface area (Å²) in [5, 5.41) is 18.1. The molecule has 25 heavy (non-hydrogen) atoms. The maximum atomic E-state index is 12.2. The van der Waals surface area contributed by atoms with E-state index in [2.05, 4.69) is 10.4 Å². The van der Waals surface area contributed by atoms with Crippen molar-refractivity contribution >= 4 is 17.4 Å². The van der Waals surface area contributed by atoms with Gasteiger partial charge in [0.25, 0.3) is 5.91 Å². The molecule has 0 unspecified atom stereocenters. The van der Waals surface area contributed by atoms with Gasteiger partial charge in [-0.25, -0.2) is 4.68 Å². The average molecular weight is 344 g/mol. The minimum atomic E-state index is -0.518. The van der Waals surface area contributed by atoms with Crippen molar-refractivity contribution in [2.24, 2.45) is 0 Å². The Bertz CT molecular complexity index is 781. The van der Waals surface area contributed by atoms with Crippen LogP contribution in [0.5, 0.6) is 5.75 Å². The van der Waals surface area contributed by atoms with Crippen LogP contribution >= 0.6 is 0 Å². The Hall–Kier alpha value is -2.90. The zero-order valence-electron chi connectivity index (χ0n) is 14.0. The van der Waals surface area contributed by atoms with Crippen molar-refractivity contribution in [3.63, 3.8) is 0 Å². The Labute approximate surface area is 144 Å². The summed E-state index contributed by atoms with van der Waals surface area (Å²) in [4.78, 5) is 22.7. The van der Waals surface area contributed by atoms with Crippen molar-refractivity contribution in [1.82, 2.24) is 9.78 Å². The molecule has 1 fully saturated rings. The van der Waals surface area contributed by atoms with E-state index in [1.165, 1.54) is 12.1 Å². The molecule has 2 aromatic rings. The van der Waals surface area contributed by atoms with Gasteiger partial charge in [0, 0.05) is 12.1 Å². The summed E-state index contributed by atoms with van der Waals surface area (Å²) >= 11 is 0. The van der Waals surface area contributed by atoms with Crippen molar-refractivity contribution in [3.05, 3.63) is 46.1 Å². The molecule has 0 saturated heterocycles. The molecule has 8 nitrogen and oxygen atoms in total. The number of nitrogens with one attached hydrogen (secondary N) is 1.